The van der Waals surface area contributed by atoms with Gasteiger partial charge in [0.1, 0.15) is 5.82 Å². The van der Waals surface area contributed by atoms with Gasteiger partial charge in [0.05, 0.1) is 5.56 Å². The summed E-state index contributed by atoms with van der Waals surface area (Å²) in [7, 11) is 0. The SMILES string of the molecule is Cc1cc(C)c(-c2nnc(Br)s2)c(F)c1. The van der Waals surface area contributed by atoms with Gasteiger partial charge in [0.2, 0.25) is 0 Å². The molecule has 0 radical (unpaired) electrons. The highest BCUT2D eigenvalue weighted by Crippen LogP contribution is 2.31. The van der Waals surface area contributed by atoms with E-state index >= 15 is 0 Å². The van der Waals surface area contributed by atoms with Crippen molar-refractivity contribution in [3.8, 4) is 10.6 Å². The first-order chi connectivity index (χ1) is 7.08. The second-order valence-corrected chi connectivity index (χ2v) is 5.55. The van der Waals surface area contributed by atoms with Crippen LogP contribution in [0.1, 0.15) is 11.1 Å². The van der Waals surface area contributed by atoms with Crippen LogP contribution in [0.2, 0.25) is 0 Å². The molecule has 0 atom stereocenters. The quantitative estimate of drug-likeness (QED) is 0.798. The number of benzene rings is 1. The maximum Gasteiger partial charge on any atom is 0.183 e. The molecule has 0 fully saturated rings. The van der Waals surface area contributed by atoms with Crippen LogP contribution in [0.15, 0.2) is 16.0 Å². The van der Waals surface area contributed by atoms with Crippen molar-refractivity contribution in [1.82, 2.24) is 10.2 Å². The van der Waals surface area contributed by atoms with Crippen LogP contribution in [0.5, 0.6) is 0 Å². The van der Waals surface area contributed by atoms with Crippen molar-refractivity contribution in [2.75, 3.05) is 0 Å². The Bertz CT molecular complexity index is 487. The smallest absolute Gasteiger partial charge is 0.183 e. The third-order valence-electron chi connectivity index (χ3n) is 2.05. The van der Waals surface area contributed by atoms with Crippen molar-refractivity contribution >= 4 is 27.3 Å². The van der Waals surface area contributed by atoms with Crippen molar-refractivity contribution in [3.63, 3.8) is 0 Å². The Morgan fingerprint density at radius 3 is 2.53 bits per heavy atom. The summed E-state index contributed by atoms with van der Waals surface area (Å²) in [6, 6.07) is 3.45. The summed E-state index contributed by atoms with van der Waals surface area (Å²) in [6.45, 7) is 3.75. The Morgan fingerprint density at radius 2 is 2.00 bits per heavy atom. The molecule has 0 bridgehead atoms. The second-order valence-electron chi connectivity index (χ2n) is 3.30. The molecule has 78 valence electrons. The maximum absolute atomic E-state index is 13.7. The average Bonchev–Trinajstić information content (AvgIpc) is 2.49. The van der Waals surface area contributed by atoms with Gasteiger partial charge in [-0.1, -0.05) is 17.4 Å². The molecule has 2 rings (SSSR count). The first-order valence-electron chi connectivity index (χ1n) is 4.34. The first-order valence-corrected chi connectivity index (χ1v) is 5.95. The summed E-state index contributed by atoms with van der Waals surface area (Å²) < 4.78 is 14.4. The molecule has 0 saturated carbocycles. The monoisotopic (exact) mass is 286 g/mol. The second kappa shape index (κ2) is 3.98. The minimum Gasteiger partial charge on any atom is -0.206 e. The van der Waals surface area contributed by atoms with Crippen LogP contribution in [-0.4, -0.2) is 10.2 Å². The topological polar surface area (TPSA) is 25.8 Å². The predicted molar refractivity (Wildman–Crippen MR) is 62.5 cm³/mol. The molecule has 0 saturated heterocycles. The molecular weight excluding hydrogens is 279 g/mol. The molecule has 1 heterocycles. The number of hydrogen-bond acceptors (Lipinski definition) is 3. The molecule has 0 aliphatic rings. The Morgan fingerprint density at radius 1 is 1.27 bits per heavy atom. The van der Waals surface area contributed by atoms with Crippen LogP contribution in [0.25, 0.3) is 10.6 Å². The lowest BCUT2D eigenvalue weighted by molar-refractivity contribution is 0.628. The molecule has 1 aromatic carbocycles. The molecule has 15 heavy (non-hydrogen) atoms. The zero-order chi connectivity index (χ0) is 11.0. The lowest BCUT2D eigenvalue weighted by Crippen LogP contribution is -1.90. The normalized spacial score (nSPS) is 10.7. The van der Waals surface area contributed by atoms with Gasteiger partial charge in [0, 0.05) is 0 Å². The summed E-state index contributed by atoms with van der Waals surface area (Å²) in [5.74, 6) is -0.240. The van der Waals surface area contributed by atoms with E-state index in [1.165, 1.54) is 17.4 Å². The molecule has 0 aliphatic carbocycles. The van der Waals surface area contributed by atoms with Crippen LogP contribution >= 0.6 is 27.3 Å². The van der Waals surface area contributed by atoms with Gasteiger partial charge in [-0.25, -0.2) is 4.39 Å². The first kappa shape index (κ1) is 10.7. The van der Waals surface area contributed by atoms with Crippen LogP contribution in [0.3, 0.4) is 0 Å². The van der Waals surface area contributed by atoms with Crippen LogP contribution in [-0.2, 0) is 0 Å². The molecule has 1 aromatic heterocycles. The number of aryl methyl sites for hydroxylation is 2. The minimum atomic E-state index is -0.240. The summed E-state index contributed by atoms with van der Waals surface area (Å²) in [6.07, 6.45) is 0. The lowest BCUT2D eigenvalue weighted by atomic mass is 10.1. The highest BCUT2D eigenvalue weighted by Gasteiger charge is 2.13. The average molecular weight is 287 g/mol. The molecule has 0 spiro atoms. The van der Waals surface area contributed by atoms with Crippen LogP contribution in [0.4, 0.5) is 4.39 Å². The highest BCUT2D eigenvalue weighted by atomic mass is 79.9. The maximum atomic E-state index is 13.7. The fraction of sp³-hybridized carbons (Fsp3) is 0.200. The van der Waals surface area contributed by atoms with Crippen molar-refractivity contribution in [2.24, 2.45) is 0 Å². The summed E-state index contributed by atoms with van der Waals surface area (Å²) in [4.78, 5) is 0. The predicted octanol–water partition coefficient (Wildman–Crippen LogP) is 3.72. The van der Waals surface area contributed by atoms with Crippen LogP contribution in [0, 0.1) is 19.7 Å². The van der Waals surface area contributed by atoms with Gasteiger partial charge in [0.15, 0.2) is 8.92 Å². The third kappa shape index (κ3) is 2.08. The zero-order valence-electron chi connectivity index (χ0n) is 8.21. The van der Waals surface area contributed by atoms with E-state index in [9.17, 15) is 4.39 Å². The molecular formula is C10H8BrFN2S. The van der Waals surface area contributed by atoms with E-state index in [0.29, 0.717) is 14.5 Å². The van der Waals surface area contributed by atoms with Crippen molar-refractivity contribution in [2.45, 2.75) is 13.8 Å². The van der Waals surface area contributed by atoms with E-state index in [4.69, 9.17) is 0 Å². The summed E-state index contributed by atoms with van der Waals surface area (Å²) in [5.41, 5.74) is 2.34. The highest BCUT2D eigenvalue weighted by molar-refractivity contribution is 9.11. The Kier molecular flexibility index (Phi) is 2.84. The Labute approximate surface area is 99.3 Å². The molecule has 0 amide bonds. The fourth-order valence-corrected chi connectivity index (χ4v) is 2.72. The van der Waals surface area contributed by atoms with Gasteiger partial charge in [0.25, 0.3) is 0 Å². The van der Waals surface area contributed by atoms with Gasteiger partial charge in [-0.05, 0) is 47.0 Å². The molecule has 0 unspecified atom stereocenters. The third-order valence-corrected chi connectivity index (χ3v) is 3.42. The van der Waals surface area contributed by atoms with E-state index in [1.807, 2.05) is 19.9 Å². The van der Waals surface area contributed by atoms with Crippen molar-refractivity contribution in [1.29, 1.82) is 0 Å². The summed E-state index contributed by atoms with van der Waals surface area (Å²) in [5, 5.41) is 8.34. The van der Waals surface area contributed by atoms with E-state index < -0.39 is 0 Å². The number of nitrogens with zero attached hydrogens (tertiary/aromatic N) is 2. The molecule has 2 aromatic rings. The van der Waals surface area contributed by atoms with E-state index in [0.717, 1.165) is 11.1 Å². The number of halogens is 2. The largest absolute Gasteiger partial charge is 0.206 e. The molecule has 0 N–H and O–H groups in total. The number of hydrogen-bond donors (Lipinski definition) is 0. The Hall–Kier alpha value is -0.810. The standard InChI is InChI=1S/C10H8BrFN2S/c1-5-3-6(2)8(7(12)4-5)9-13-14-10(11)15-9/h3-4H,1-2H3. The minimum absolute atomic E-state index is 0.240. The zero-order valence-corrected chi connectivity index (χ0v) is 10.6. The van der Waals surface area contributed by atoms with Gasteiger partial charge in [-0.3, -0.25) is 0 Å². The van der Waals surface area contributed by atoms with Gasteiger partial charge in [-0.2, -0.15) is 0 Å². The Balaban J connectivity index is 2.62. The van der Waals surface area contributed by atoms with E-state index in [-0.39, 0.29) is 5.82 Å². The van der Waals surface area contributed by atoms with Gasteiger partial charge < -0.3 is 0 Å². The van der Waals surface area contributed by atoms with E-state index in [2.05, 4.69) is 26.1 Å². The summed E-state index contributed by atoms with van der Waals surface area (Å²) >= 11 is 4.54. The van der Waals surface area contributed by atoms with E-state index in [1.54, 1.807) is 0 Å². The lowest BCUT2D eigenvalue weighted by Gasteiger charge is -2.04. The molecule has 5 heteroatoms. The van der Waals surface area contributed by atoms with Crippen molar-refractivity contribution < 1.29 is 4.39 Å². The van der Waals surface area contributed by atoms with Gasteiger partial charge in [-0.15, -0.1) is 10.2 Å². The van der Waals surface area contributed by atoms with Crippen molar-refractivity contribution in [3.05, 3.63) is 33.0 Å². The molecule has 2 nitrogen and oxygen atoms in total. The van der Waals surface area contributed by atoms with Crippen LogP contribution < -0.4 is 0 Å². The number of rotatable bonds is 1. The number of aromatic nitrogens is 2. The molecule has 0 aliphatic heterocycles. The fourth-order valence-electron chi connectivity index (χ4n) is 1.49. The van der Waals surface area contributed by atoms with Gasteiger partial charge >= 0.3 is 0 Å².